The largest absolute Gasteiger partial charge is 0.497 e. The van der Waals surface area contributed by atoms with E-state index in [9.17, 15) is 4.79 Å². The van der Waals surface area contributed by atoms with E-state index in [2.05, 4.69) is 73.4 Å². The summed E-state index contributed by atoms with van der Waals surface area (Å²) in [5.74, 6) is 1.80. The van der Waals surface area contributed by atoms with Crippen LogP contribution >= 0.6 is 11.8 Å². The van der Waals surface area contributed by atoms with Gasteiger partial charge < -0.3 is 9.72 Å². The van der Waals surface area contributed by atoms with Gasteiger partial charge in [0.1, 0.15) is 5.75 Å². The fourth-order valence-corrected chi connectivity index (χ4v) is 4.86. The lowest BCUT2D eigenvalue weighted by Gasteiger charge is -2.14. The highest BCUT2D eigenvalue weighted by Gasteiger charge is 2.16. The van der Waals surface area contributed by atoms with Crippen molar-refractivity contribution < 1.29 is 4.74 Å². The minimum absolute atomic E-state index is 0.0304. The highest BCUT2D eigenvalue weighted by molar-refractivity contribution is 7.99. The molecule has 0 bridgehead atoms. The first kappa shape index (κ1) is 22.2. The maximum absolute atomic E-state index is 12.9. The van der Waals surface area contributed by atoms with Crippen molar-refractivity contribution in [3.8, 4) is 5.75 Å². The average molecular weight is 445 g/mol. The van der Waals surface area contributed by atoms with Crippen LogP contribution in [0, 0.1) is 0 Å². The number of nitrogens with one attached hydrogen (secondary N) is 1. The van der Waals surface area contributed by atoms with Gasteiger partial charge in [-0.05, 0) is 46.4 Å². The lowest BCUT2D eigenvalue weighted by Crippen LogP contribution is -2.20. The number of methoxy groups -OCH3 is 1. The molecule has 0 radical (unpaired) electrons. The molecule has 0 fully saturated rings. The second kappa shape index (κ2) is 10.0. The fourth-order valence-electron chi connectivity index (χ4n) is 3.99. The molecule has 0 aliphatic carbocycles. The number of aromatic nitrogens is 2. The van der Waals surface area contributed by atoms with E-state index in [1.165, 1.54) is 21.9 Å². The van der Waals surface area contributed by atoms with E-state index in [0.717, 1.165) is 29.2 Å². The Morgan fingerprint density at radius 2 is 1.75 bits per heavy atom. The number of aromatic amines is 1. The molecule has 1 N–H and O–H groups in total. The molecule has 4 aromatic rings. The van der Waals surface area contributed by atoms with Gasteiger partial charge in [0, 0.05) is 17.7 Å². The molecule has 0 saturated heterocycles. The first-order valence-corrected chi connectivity index (χ1v) is 11.9. The Morgan fingerprint density at radius 3 is 2.50 bits per heavy atom. The minimum atomic E-state index is -0.0304. The maximum atomic E-state index is 12.9. The van der Waals surface area contributed by atoms with Gasteiger partial charge in [-0.2, -0.15) is 0 Å². The quantitative estimate of drug-likeness (QED) is 0.268. The summed E-state index contributed by atoms with van der Waals surface area (Å²) in [6.45, 7) is 4.10. The van der Waals surface area contributed by atoms with Crippen LogP contribution < -0.4 is 10.3 Å². The van der Waals surface area contributed by atoms with E-state index < -0.39 is 0 Å². The topological polar surface area (TPSA) is 55.0 Å². The molecule has 0 spiro atoms. The van der Waals surface area contributed by atoms with Crippen molar-refractivity contribution in [3.63, 3.8) is 0 Å². The third-order valence-corrected chi connectivity index (χ3v) is 6.49. The number of fused-ring (bicyclic) bond motifs is 1. The van der Waals surface area contributed by atoms with Gasteiger partial charge >= 0.3 is 0 Å². The molecule has 164 valence electrons. The molecule has 3 aromatic carbocycles. The molecule has 0 aliphatic heterocycles. The van der Waals surface area contributed by atoms with Gasteiger partial charge in [-0.1, -0.05) is 80.2 Å². The molecule has 5 heteroatoms. The smallest absolute Gasteiger partial charge is 0.255 e. The molecular formula is C27H28N2O2S. The second-order valence-electron chi connectivity index (χ2n) is 8.15. The number of H-pyrrole nitrogens is 1. The molecule has 0 aliphatic rings. The van der Waals surface area contributed by atoms with Crippen molar-refractivity contribution >= 4 is 22.5 Å². The zero-order chi connectivity index (χ0) is 22.5. The fraction of sp³-hybridized carbons (Fsp3) is 0.259. The first-order valence-electron chi connectivity index (χ1n) is 10.9. The van der Waals surface area contributed by atoms with Gasteiger partial charge in [0.2, 0.25) is 0 Å². The number of rotatable bonds is 8. The Bertz CT molecular complexity index is 1260. The van der Waals surface area contributed by atoms with Crippen molar-refractivity contribution in [1.29, 1.82) is 0 Å². The SMILES string of the molecule is COc1ccc(CCSc2nc(Cc3cccc4ccccc34)c(C(C)C)c(=O)[nH]2)cc1. The number of thioether (sulfide) groups is 1. The van der Waals surface area contributed by atoms with Crippen LogP contribution in [0.2, 0.25) is 0 Å². The maximum Gasteiger partial charge on any atom is 0.255 e. The summed E-state index contributed by atoms with van der Waals surface area (Å²) in [6.07, 6.45) is 1.54. The Morgan fingerprint density at radius 1 is 1.00 bits per heavy atom. The zero-order valence-electron chi connectivity index (χ0n) is 18.7. The molecule has 0 unspecified atom stereocenters. The second-order valence-corrected chi connectivity index (χ2v) is 9.23. The molecule has 0 amide bonds. The number of hydrogen-bond acceptors (Lipinski definition) is 4. The van der Waals surface area contributed by atoms with E-state index in [1.54, 1.807) is 18.9 Å². The highest BCUT2D eigenvalue weighted by atomic mass is 32.2. The lowest BCUT2D eigenvalue weighted by molar-refractivity contribution is 0.414. The third kappa shape index (κ3) is 5.05. The summed E-state index contributed by atoms with van der Waals surface area (Å²) < 4.78 is 5.22. The molecule has 32 heavy (non-hydrogen) atoms. The summed E-state index contributed by atoms with van der Waals surface area (Å²) in [7, 11) is 1.67. The average Bonchev–Trinajstić information content (AvgIpc) is 2.79. The van der Waals surface area contributed by atoms with Crippen molar-refractivity contribution in [2.24, 2.45) is 0 Å². The van der Waals surface area contributed by atoms with Crippen LogP contribution in [0.4, 0.5) is 0 Å². The van der Waals surface area contributed by atoms with Gasteiger partial charge in [-0.25, -0.2) is 4.98 Å². The van der Waals surface area contributed by atoms with Crippen LogP contribution in [0.1, 0.15) is 42.1 Å². The van der Waals surface area contributed by atoms with E-state index >= 15 is 0 Å². The summed E-state index contributed by atoms with van der Waals surface area (Å²) >= 11 is 1.59. The van der Waals surface area contributed by atoms with Crippen LogP contribution in [-0.4, -0.2) is 22.8 Å². The summed E-state index contributed by atoms with van der Waals surface area (Å²) in [5.41, 5.74) is 4.04. The van der Waals surface area contributed by atoms with Crippen molar-refractivity contribution in [3.05, 3.63) is 99.5 Å². The predicted molar refractivity (Wildman–Crippen MR) is 133 cm³/mol. The third-order valence-electron chi connectivity index (χ3n) is 5.62. The molecular weight excluding hydrogens is 416 g/mol. The Hall–Kier alpha value is -3.05. The number of aryl methyl sites for hydroxylation is 1. The van der Waals surface area contributed by atoms with Crippen LogP contribution in [0.5, 0.6) is 5.75 Å². The van der Waals surface area contributed by atoms with Crippen LogP contribution in [0.3, 0.4) is 0 Å². The van der Waals surface area contributed by atoms with Gasteiger partial charge in [0.15, 0.2) is 5.16 Å². The van der Waals surface area contributed by atoms with Crippen LogP contribution in [0.15, 0.2) is 76.7 Å². The van der Waals surface area contributed by atoms with E-state index in [4.69, 9.17) is 9.72 Å². The van der Waals surface area contributed by atoms with Crippen molar-refractivity contribution in [2.45, 2.75) is 37.8 Å². The monoisotopic (exact) mass is 444 g/mol. The molecule has 4 rings (SSSR count). The van der Waals surface area contributed by atoms with Gasteiger partial charge in [0.05, 0.1) is 12.8 Å². The molecule has 4 nitrogen and oxygen atoms in total. The molecule has 1 heterocycles. The normalized spacial score (nSPS) is 11.2. The number of benzene rings is 3. The number of hydrogen-bond donors (Lipinski definition) is 1. The Balaban J connectivity index is 1.57. The van der Waals surface area contributed by atoms with Gasteiger partial charge in [-0.3, -0.25) is 4.79 Å². The zero-order valence-corrected chi connectivity index (χ0v) is 19.5. The van der Waals surface area contributed by atoms with Gasteiger partial charge in [-0.15, -0.1) is 0 Å². The summed E-state index contributed by atoms with van der Waals surface area (Å²) in [6, 6.07) is 22.8. The van der Waals surface area contributed by atoms with Crippen LogP contribution in [0.25, 0.3) is 10.8 Å². The summed E-state index contributed by atoms with van der Waals surface area (Å²) in [4.78, 5) is 20.8. The van der Waals surface area contributed by atoms with E-state index in [-0.39, 0.29) is 11.5 Å². The lowest BCUT2D eigenvalue weighted by atomic mass is 9.95. The highest BCUT2D eigenvalue weighted by Crippen LogP contribution is 2.25. The molecule has 0 atom stereocenters. The molecule has 0 saturated carbocycles. The van der Waals surface area contributed by atoms with Crippen molar-refractivity contribution in [2.75, 3.05) is 12.9 Å². The first-order chi connectivity index (χ1) is 15.5. The summed E-state index contributed by atoms with van der Waals surface area (Å²) in [5, 5.41) is 3.10. The van der Waals surface area contributed by atoms with E-state index in [1.807, 2.05) is 12.1 Å². The predicted octanol–water partition coefficient (Wildman–Crippen LogP) is 5.98. The standard InChI is InChI=1S/C27H28N2O2S/c1-18(2)25-24(17-21-9-6-8-20-7-4-5-10-23(20)21)28-27(29-26(25)30)32-16-15-19-11-13-22(31-3)14-12-19/h4-14,18H,15-17H2,1-3H3,(H,28,29,30). The number of ether oxygens (including phenoxy) is 1. The van der Waals surface area contributed by atoms with Crippen molar-refractivity contribution in [1.82, 2.24) is 9.97 Å². The number of nitrogens with zero attached hydrogens (tertiary/aromatic N) is 1. The van der Waals surface area contributed by atoms with Crippen LogP contribution in [-0.2, 0) is 12.8 Å². The van der Waals surface area contributed by atoms with Gasteiger partial charge in [0.25, 0.3) is 5.56 Å². The Labute approximate surface area is 193 Å². The van der Waals surface area contributed by atoms with E-state index in [0.29, 0.717) is 11.6 Å². The molecule has 1 aromatic heterocycles. The Kier molecular flexibility index (Phi) is 6.96. The minimum Gasteiger partial charge on any atom is -0.497 e.